The average molecular weight is 572 g/mol. The van der Waals surface area contributed by atoms with E-state index in [4.69, 9.17) is 4.74 Å². The average Bonchev–Trinajstić information content (AvgIpc) is 2.98. The van der Waals surface area contributed by atoms with Crippen LogP contribution in [0.3, 0.4) is 0 Å². The molecule has 240 valence electrons. The van der Waals surface area contributed by atoms with Gasteiger partial charge in [0, 0.05) is 13.7 Å². The standard InChI is InChI=1S/C39H73NO/c1-4-6-8-10-12-14-16-18-20-22-24-26-28-30-32-34-36-40(38-39-41-3)37-35-33-31-29-27-25-23-21-19-17-15-13-11-9-7-5-2/h12-15,18-21H,4-11,16-17,22-39H2,1-3H3/b14-12-,15-13?,20-18-,21-19?. The predicted molar refractivity (Wildman–Crippen MR) is 187 cm³/mol. The molecule has 0 unspecified atom stereocenters. The van der Waals surface area contributed by atoms with Crippen molar-refractivity contribution in [2.24, 2.45) is 0 Å². The van der Waals surface area contributed by atoms with Crippen molar-refractivity contribution in [2.75, 3.05) is 33.4 Å². The molecule has 0 atom stereocenters. The molecule has 0 N–H and O–H groups in total. The second-order valence-corrected chi connectivity index (χ2v) is 12.0. The number of unbranched alkanes of at least 4 members (excludes halogenated alkanes) is 18. The maximum atomic E-state index is 5.38. The first kappa shape index (κ1) is 39.9. The van der Waals surface area contributed by atoms with E-state index in [9.17, 15) is 0 Å². The highest BCUT2D eigenvalue weighted by molar-refractivity contribution is 4.93. The topological polar surface area (TPSA) is 12.5 Å². The smallest absolute Gasteiger partial charge is 0.0589 e. The highest BCUT2D eigenvalue weighted by Gasteiger charge is 2.04. The van der Waals surface area contributed by atoms with Gasteiger partial charge in [-0.25, -0.2) is 0 Å². The van der Waals surface area contributed by atoms with Crippen LogP contribution >= 0.6 is 0 Å². The van der Waals surface area contributed by atoms with Crippen LogP contribution in [0.2, 0.25) is 0 Å². The van der Waals surface area contributed by atoms with Crippen molar-refractivity contribution in [1.82, 2.24) is 4.90 Å². The van der Waals surface area contributed by atoms with Gasteiger partial charge in [-0.3, -0.25) is 0 Å². The van der Waals surface area contributed by atoms with E-state index in [1.807, 2.05) is 7.11 Å². The van der Waals surface area contributed by atoms with Gasteiger partial charge in [-0.15, -0.1) is 0 Å². The van der Waals surface area contributed by atoms with Crippen molar-refractivity contribution < 1.29 is 4.74 Å². The van der Waals surface area contributed by atoms with Gasteiger partial charge >= 0.3 is 0 Å². The third-order valence-electron chi connectivity index (χ3n) is 7.96. The van der Waals surface area contributed by atoms with Crippen LogP contribution < -0.4 is 0 Å². The summed E-state index contributed by atoms with van der Waals surface area (Å²) in [6.07, 6.45) is 50.6. The van der Waals surface area contributed by atoms with Crippen molar-refractivity contribution in [2.45, 2.75) is 168 Å². The first-order valence-electron chi connectivity index (χ1n) is 18.2. The normalized spacial score (nSPS) is 12.5. The van der Waals surface area contributed by atoms with Gasteiger partial charge in [0.25, 0.3) is 0 Å². The predicted octanol–water partition coefficient (Wildman–Crippen LogP) is 12.6. The van der Waals surface area contributed by atoms with Crippen molar-refractivity contribution in [3.05, 3.63) is 48.6 Å². The van der Waals surface area contributed by atoms with Gasteiger partial charge in [0.05, 0.1) is 6.61 Å². The summed E-state index contributed by atoms with van der Waals surface area (Å²) in [5.41, 5.74) is 0. The SMILES string of the molecule is CCCCCC=CCC=CCCCCCCCCN(CCCCCCCC/C=C\C/C=C\CCCCC)CCOC. The second kappa shape index (κ2) is 36.9. The molecule has 41 heavy (non-hydrogen) atoms. The highest BCUT2D eigenvalue weighted by atomic mass is 16.5. The zero-order chi connectivity index (χ0) is 29.7. The highest BCUT2D eigenvalue weighted by Crippen LogP contribution is 2.11. The molecule has 0 aliphatic heterocycles. The van der Waals surface area contributed by atoms with Gasteiger partial charge in [-0.2, -0.15) is 0 Å². The van der Waals surface area contributed by atoms with Gasteiger partial charge in [0.1, 0.15) is 0 Å². The molecule has 0 bridgehead atoms. The van der Waals surface area contributed by atoms with E-state index in [0.29, 0.717) is 0 Å². The Kier molecular flexibility index (Phi) is 35.9. The molecule has 0 rings (SSSR count). The van der Waals surface area contributed by atoms with E-state index in [-0.39, 0.29) is 0 Å². The van der Waals surface area contributed by atoms with Crippen molar-refractivity contribution in [3.8, 4) is 0 Å². The summed E-state index contributed by atoms with van der Waals surface area (Å²) in [5.74, 6) is 0. The fraction of sp³-hybridized carbons (Fsp3) is 0.795. The molecular weight excluding hydrogens is 498 g/mol. The first-order chi connectivity index (χ1) is 20.3. The van der Waals surface area contributed by atoms with Crippen LogP contribution in [0.5, 0.6) is 0 Å². The van der Waals surface area contributed by atoms with Gasteiger partial charge in [0.15, 0.2) is 0 Å². The molecule has 2 heteroatoms. The molecule has 0 spiro atoms. The van der Waals surface area contributed by atoms with Crippen LogP contribution in [-0.4, -0.2) is 38.3 Å². The fourth-order valence-corrected chi connectivity index (χ4v) is 5.20. The summed E-state index contributed by atoms with van der Waals surface area (Å²) in [6.45, 7) is 8.99. The zero-order valence-electron chi connectivity index (χ0n) is 28.3. The van der Waals surface area contributed by atoms with Crippen LogP contribution in [0, 0.1) is 0 Å². The molecule has 0 aromatic rings. The summed E-state index contributed by atoms with van der Waals surface area (Å²) in [4.78, 5) is 2.65. The summed E-state index contributed by atoms with van der Waals surface area (Å²) in [7, 11) is 1.83. The molecular formula is C39H73NO. The minimum atomic E-state index is 0.865. The van der Waals surface area contributed by atoms with Crippen LogP contribution in [-0.2, 0) is 4.74 Å². The van der Waals surface area contributed by atoms with E-state index in [1.165, 1.54) is 154 Å². The summed E-state index contributed by atoms with van der Waals surface area (Å²) >= 11 is 0. The number of methoxy groups -OCH3 is 1. The Hall–Kier alpha value is -1.12. The van der Waals surface area contributed by atoms with Crippen molar-refractivity contribution in [1.29, 1.82) is 0 Å². The maximum Gasteiger partial charge on any atom is 0.0589 e. The first-order valence-corrected chi connectivity index (χ1v) is 18.2. The number of hydrogen-bond donors (Lipinski definition) is 0. The van der Waals surface area contributed by atoms with E-state index in [0.717, 1.165) is 26.0 Å². The molecule has 2 nitrogen and oxygen atoms in total. The summed E-state index contributed by atoms with van der Waals surface area (Å²) in [5, 5.41) is 0. The van der Waals surface area contributed by atoms with Crippen molar-refractivity contribution >= 4 is 0 Å². The third-order valence-corrected chi connectivity index (χ3v) is 7.96. The molecule has 0 amide bonds. The molecule has 0 aliphatic carbocycles. The largest absolute Gasteiger partial charge is 0.383 e. The van der Waals surface area contributed by atoms with Crippen LogP contribution in [0.25, 0.3) is 0 Å². The number of ether oxygens (including phenoxy) is 1. The lowest BCUT2D eigenvalue weighted by molar-refractivity contribution is 0.145. The van der Waals surface area contributed by atoms with Crippen LogP contribution in [0.15, 0.2) is 48.6 Å². The molecule has 0 aliphatic rings. The number of allylic oxidation sites excluding steroid dienone is 8. The summed E-state index contributed by atoms with van der Waals surface area (Å²) in [6, 6.07) is 0. The Morgan fingerprint density at radius 1 is 0.390 bits per heavy atom. The van der Waals surface area contributed by atoms with E-state index >= 15 is 0 Å². The van der Waals surface area contributed by atoms with Crippen molar-refractivity contribution in [3.63, 3.8) is 0 Å². The number of nitrogens with zero attached hydrogens (tertiary/aromatic N) is 1. The Bertz CT molecular complexity index is 542. The maximum absolute atomic E-state index is 5.38. The third kappa shape index (κ3) is 35.0. The Balaban J connectivity index is 3.60. The lowest BCUT2D eigenvalue weighted by Crippen LogP contribution is -2.29. The van der Waals surface area contributed by atoms with Gasteiger partial charge in [0.2, 0.25) is 0 Å². The molecule has 0 saturated heterocycles. The minimum absolute atomic E-state index is 0.865. The quantitative estimate of drug-likeness (QED) is 0.0573. The molecule has 0 aromatic heterocycles. The fourth-order valence-electron chi connectivity index (χ4n) is 5.20. The molecule has 0 heterocycles. The summed E-state index contributed by atoms with van der Waals surface area (Å²) < 4.78 is 5.38. The van der Waals surface area contributed by atoms with Gasteiger partial charge in [-0.05, 0) is 90.1 Å². The van der Waals surface area contributed by atoms with Crippen LogP contribution in [0.4, 0.5) is 0 Å². The molecule has 0 fully saturated rings. The Morgan fingerprint density at radius 3 is 1.10 bits per heavy atom. The van der Waals surface area contributed by atoms with Crippen LogP contribution in [0.1, 0.15) is 168 Å². The zero-order valence-corrected chi connectivity index (χ0v) is 28.3. The number of rotatable bonds is 33. The minimum Gasteiger partial charge on any atom is -0.383 e. The Labute approximate surface area is 259 Å². The molecule has 0 aromatic carbocycles. The monoisotopic (exact) mass is 572 g/mol. The van der Waals surface area contributed by atoms with Gasteiger partial charge in [-0.1, -0.05) is 140 Å². The molecule has 0 saturated carbocycles. The lowest BCUT2D eigenvalue weighted by atomic mass is 10.1. The van der Waals surface area contributed by atoms with Gasteiger partial charge < -0.3 is 9.64 Å². The van der Waals surface area contributed by atoms with E-state index in [1.54, 1.807) is 0 Å². The van der Waals surface area contributed by atoms with E-state index < -0.39 is 0 Å². The Morgan fingerprint density at radius 2 is 0.732 bits per heavy atom. The molecule has 0 radical (unpaired) electrons. The number of hydrogen-bond acceptors (Lipinski definition) is 2. The lowest BCUT2D eigenvalue weighted by Gasteiger charge is -2.22. The second-order valence-electron chi connectivity index (χ2n) is 12.0. The van der Waals surface area contributed by atoms with E-state index in [2.05, 4.69) is 67.4 Å².